The average molecular weight is 375 g/mol. The third-order valence-electron chi connectivity index (χ3n) is 4.43. The van der Waals surface area contributed by atoms with E-state index in [2.05, 4.69) is 10.6 Å². The Morgan fingerprint density at radius 2 is 1.70 bits per heavy atom. The van der Waals surface area contributed by atoms with Crippen molar-refractivity contribution in [2.24, 2.45) is 0 Å². The second-order valence-corrected chi connectivity index (χ2v) is 6.29. The van der Waals surface area contributed by atoms with E-state index in [1.54, 1.807) is 43.1 Å². The van der Waals surface area contributed by atoms with Gasteiger partial charge in [0.25, 0.3) is 0 Å². The number of hydrogen-bond acceptors (Lipinski definition) is 3. The fourth-order valence-electron chi connectivity index (χ4n) is 2.69. The molecule has 2 unspecified atom stereocenters. The van der Waals surface area contributed by atoms with Crippen molar-refractivity contribution in [1.82, 2.24) is 15.5 Å². The third-order valence-corrected chi connectivity index (χ3v) is 4.43. The number of carbonyl (C=O) groups is 2. The fraction of sp³-hybridized carbons (Fsp3) is 0.300. The summed E-state index contributed by atoms with van der Waals surface area (Å²) in [6, 6.07) is 11.4. The molecule has 0 heterocycles. The zero-order valence-corrected chi connectivity index (χ0v) is 15.5. The van der Waals surface area contributed by atoms with E-state index in [1.807, 2.05) is 6.07 Å². The van der Waals surface area contributed by atoms with Crippen LogP contribution in [0.1, 0.15) is 30.1 Å². The highest BCUT2D eigenvalue weighted by molar-refractivity contribution is 5.89. The topological polar surface area (TPSA) is 61.4 Å². The Labute approximate surface area is 157 Å². The summed E-state index contributed by atoms with van der Waals surface area (Å²) in [5.74, 6) is -2.53. The molecule has 0 aliphatic rings. The molecule has 144 valence electrons. The van der Waals surface area contributed by atoms with E-state index in [-0.39, 0.29) is 24.4 Å². The van der Waals surface area contributed by atoms with Crippen LogP contribution < -0.4 is 10.6 Å². The Hall–Kier alpha value is -2.80. The SMILES string of the molecule is CNC(=O)C(NC(=O)CN(C)C(C)c1ccc(F)c(F)c1)c1ccccc1. The predicted molar refractivity (Wildman–Crippen MR) is 98.8 cm³/mol. The van der Waals surface area contributed by atoms with E-state index in [0.717, 1.165) is 12.1 Å². The zero-order chi connectivity index (χ0) is 20.0. The molecule has 0 spiro atoms. The molecule has 2 N–H and O–H groups in total. The largest absolute Gasteiger partial charge is 0.357 e. The van der Waals surface area contributed by atoms with Gasteiger partial charge in [-0.05, 0) is 37.2 Å². The maximum Gasteiger partial charge on any atom is 0.246 e. The maximum atomic E-state index is 13.4. The van der Waals surface area contributed by atoms with Crippen molar-refractivity contribution in [1.29, 1.82) is 0 Å². The number of likely N-dealkylation sites (N-methyl/N-ethyl adjacent to an activating group) is 2. The van der Waals surface area contributed by atoms with Gasteiger partial charge in [-0.1, -0.05) is 36.4 Å². The number of benzene rings is 2. The van der Waals surface area contributed by atoms with Crippen LogP contribution >= 0.6 is 0 Å². The summed E-state index contributed by atoms with van der Waals surface area (Å²) in [6.07, 6.45) is 0. The Morgan fingerprint density at radius 3 is 2.30 bits per heavy atom. The third kappa shape index (κ3) is 5.34. The summed E-state index contributed by atoms with van der Waals surface area (Å²) < 4.78 is 26.5. The first-order chi connectivity index (χ1) is 12.8. The molecule has 2 aromatic rings. The van der Waals surface area contributed by atoms with E-state index in [1.165, 1.54) is 13.1 Å². The van der Waals surface area contributed by atoms with E-state index >= 15 is 0 Å². The average Bonchev–Trinajstić information content (AvgIpc) is 2.67. The second kappa shape index (κ2) is 9.23. The van der Waals surface area contributed by atoms with Gasteiger partial charge in [0.05, 0.1) is 6.54 Å². The first kappa shape index (κ1) is 20.5. The molecule has 2 atom stereocenters. The number of hydrogen-bond donors (Lipinski definition) is 2. The van der Waals surface area contributed by atoms with Crippen LogP contribution in [0.15, 0.2) is 48.5 Å². The van der Waals surface area contributed by atoms with Crippen LogP contribution in [-0.4, -0.2) is 37.4 Å². The highest BCUT2D eigenvalue weighted by Crippen LogP contribution is 2.21. The molecule has 0 fully saturated rings. The first-order valence-corrected chi connectivity index (χ1v) is 8.54. The minimum atomic E-state index is -0.930. The molecule has 0 aliphatic carbocycles. The van der Waals surface area contributed by atoms with Gasteiger partial charge in [0.2, 0.25) is 11.8 Å². The van der Waals surface area contributed by atoms with Gasteiger partial charge < -0.3 is 10.6 Å². The minimum absolute atomic E-state index is 0.0134. The highest BCUT2D eigenvalue weighted by Gasteiger charge is 2.23. The van der Waals surface area contributed by atoms with Crippen LogP contribution in [0.2, 0.25) is 0 Å². The molecule has 2 amide bonds. The van der Waals surface area contributed by atoms with Gasteiger partial charge in [-0.15, -0.1) is 0 Å². The summed E-state index contributed by atoms with van der Waals surface area (Å²) in [7, 11) is 3.20. The summed E-state index contributed by atoms with van der Waals surface area (Å²) >= 11 is 0. The van der Waals surface area contributed by atoms with E-state index in [4.69, 9.17) is 0 Å². The van der Waals surface area contributed by atoms with E-state index < -0.39 is 17.7 Å². The number of rotatable bonds is 7. The molecule has 7 heteroatoms. The van der Waals surface area contributed by atoms with Gasteiger partial charge in [0.15, 0.2) is 11.6 Å². The van der Waals surface area contributed by atoms with Crippen LogP contribution in [-0.2, 0) is 9.59 Å². The van der Waals surface area contributed by atoms with Crippen molar-refractivity contribution in [3.63, 3.8) is 0 Å². The highest BCUT2D eigenvalue weighted by atomic mass is 19.2. The second-order valence-electron chi connectivity index (χ2n) is 6.29. The number of halogens is 2. The smallest absolute Gasteiger partial charge is 0.246 e. The lowest BCUT2D eigenvalue weighted by Gasteiger charge is -2.26. The van der Waals surface area contributed by atoms with Crippen molar-refractivity contribution < 1.29 is 18.4 Å². The zero-order valence-electron chi connectivity index (χ0n) is 15.5. The maximum absolute atomic E-state index is 13.4. The summed E-state index contributed by atoms with van der Waals surface area (Å²) in [5.41, 5.74) is 1.22. The van der Waals surface area contributed by atoms with Gasteiger partial charge in [0, 0.05) is 13.1 Å². The van der Waals surface area contributed by atoms with Crippen molar-refractivity contribution in [2.75, 3.05) is 20.6 Å². The molecule has 0 saturated carbocycles. The molecular weight excluding hydrogens is 352 g/mol. The number of amides is 2. The monoisotopic (exact) mass is 375 g/mol. The fourth-order valence-corrected chi connectivity index (χ4v) is 2.69. The molecule has 0 bridgehead atoms. The molecule has 0 saturated heterocycles. The molecule has 27 heavy (non-hydrogen) atoms. The van der Waals surface area contributed by atoms with Crippen molar-refractivity contribution in [3.8, 4) is 0 Å². The van der Waals surface area contributed by atoms with Crippen LogP contribution in [0.4, 0.5) is 8.78 Å². The molecule has 5 nitrogen and oxygen atoms in total. The first-order valence-electron chi connectivity index (χ1n) is 8.54. The summed E-state index contributed by atoms with van der Waals surface area (Å²) in [4.78, 5) is 26.3. The lowest BCUT2D eigenvalue weighted by Crippen LogP contribution is -2.43. The summed E-state index contributed by atoms with van der Waals surface area (Å²) in [5, 5.41) is 5.25. The standard InChI is InChI=1S/C20H23F2N3O2/c1-13(15-9-10-16(21)17(22)11-15)25(3)12-18(26)24-19(20(27)23-2)14-7-5-4-6-8-14/h4-11,13,19H,12H2,1-3H3,(H,23,27)(H,24,26). The van der Waals surface area contributed by atoms with Crippen LogP contribution in [0, 0.1) is 11.6 Å². The number of nitrogens with zero attached hydrogens (tertiary/aromatic N) is 1. The minimum Gasteiger partial charge on any atom is -0.357 e. The number of nitrogens with one attached hydrogen (secondary N) is 2. The van der Waals surface area contributed by atoms with E-state index in [9.17, 15) is 18.4 Å². The number of carbonyl (C=O) groups excluding carboxylic acids is 2. The quantitative estimate of drug-likeness (QED) is 0.782. The van der Waals surface area contributed by atoms with E-state index in [0.29, 0.717) is 11.1 Å². The molecule has 2 aromatic carbocycles. The normalized spacial score (nSPS) is 13.1. The molecule has 0 radical (unpaired) electrons. The Kier molecular flexibility index (Phi) is 7.01. The molecule has 0 aliphatic heterocycles. The lowest BCUT2D eigenvalue weighted by molar-refractivity contribution is -0.129. The van der Waals surface area contributed by atoms with Crippen LogP contribution in [0.3, 0.4) is 0 Å². The van der Waals surface area contributed by atoms with Gasteiger partial charge in [-0.3, -0.25) is 14.5 Å². The van der Waals surface area contributed by atoms with Gasteiger partial charge in [0.1, 0.15) is 6.04 Å². The Morgan fingerprint density at radius 1 is 1.04 bits per heavy atom. The van der Waals surface area contributed by atoms with Gasteiger partial charge in [-0.25, -0.2) is 8.78 Å². The lowest BCUT2D eigenvalue weighted by atomic mass is 10.1. The predicted octanol–water partition coefficient (Wildman–Crippen LogP) is 2.56. The Balaban J connectivity index is 2.05. The van der Waals surface area contributed by atoms with Crippen molar-refractivity contribution in [3.05, 3.63) is 71.3 Å². The van der Waals surface area contributed by atoms with Crippen LogP contribution in [0.25, 0.3) is 0 Å². The van der Waals surface area contributed by atoms with Gasteiger partial charge >= 0.3 is 0 Å². The van der Waals surface area contributed by atoms with Crippen molar-refractivity contribution in [2.45, 2.75) is 19.0 Å². The Bertz CT molecular complexity index is 799. The molecule has 0 aromatic heterocycles. The van der Waals surface area contributed by atoms with Gasteiger partial charge in [-0.2, -0.15) is 0 Å². The molecule has 2 rings (SSSR count). The molecular formula is C20H23F2N3O2. The van der Waals surface area contributed by atoms with Crippen LogP contribution in [0.5, 0.6) is 0 Å². The van der Waals surface area contributed by atoms with Crippen molar-refractivity contribution >= 4 is 11.8 Å². The summed E-state index contributed by atoms with van der Waals surface area (Å²) in [6.45, 7) is 1.77.